The van der Waals surface area contributed by atoms with Gasteiger partial charge in [-0.2, -0.15) is 4.39 Å². The average molecular weight is 577 g/mol. The fourth-order valence-electron chi connectivity index (χ4n) is 6.61. The zero-order chi connectivity index (χ0) is 28.5. The van der Waals surface area contributed by atoms with Crippen molar-refractivity contribution in [1.29, 1.82) is 0 Å². The SMILES string of the molecule is COc1ncc(-c2cccc(N(C[C@H]3CC[C@H](c4ccc5c(c4)c(F)nn5C)CC3)C(=O)[C@H]3CC[C@H](O)CC3)c2)s1. The molecule has 7 nitrogen and oxygen atoms in total. The van der Waals surface area contributed by atoms with Crippen molar-refractivity contribution in [3.63, 3.8) is 0 Å². The minimum atomic E-state index is -0.415. The number of hydrogen-bond donors (Lipinski definition) is 1. The first kappa shape index (κ1) is 27.8. The number of anilines is 1. The quantitative estimate of drug-likeness (QED) is 0.265. The van der Waals surface area contributed by atoms with Gasteiger partial charge >= 0.3 is 0 Å². The summed E-state index contributed by atoms with van der Waals surface area (Å²) in [6.07, 6.45) is 8.36. The number of amides is 1. The van der Waals surface area contributed by atoms with Crippen LogP contribution in [0, 0.1) is 17.8 Å². The molecule has 2 aromatic carbocycles. The number of aromatic nitrogens is 3. The number of benzene rings is 2. The Labute approximate surface area is 244 Å². The molecule has 0 atom stereocenters. The molecule has 41 heavy (non-hydrogen) atoms. The number of halogens is 1. The summed E-state index contributed by atoms with van der Waals surface area (Å²) in [5, 5.41) is 15.2. The summed E-state index contributed by atoms with van der Waals surface area (Å²) in [5.74, 6) is 0.444. The van der Waals surface area contributed by atoms with Gasteiger partial charge in [0.2, 0.25) is 11.9 Å². The molecule has 0 spiro atoms. The van der Waals surface area contributed by atoms with Gasteiger partial charge in [0, 0.05) is 31.4 Å². The minimum Gasteiger partial charge on any atom is -0.473 e. The first-order chi connectivity index (χ1) is 19.9. The Morgan fingerprint density at radius 1 is 1.10 bits per heavy atom. The second kappa shape index (κ2) is 11.9. The van der Waals surface area contributed by atoms with Gasteiger partial charge in [0.05, 0.1) is 29.0 Å². The van der Waals surface area contributed by atoms with E-state index in [1.807, 2.05) is 41.4 Å². The molecule has 6 rings (SSSR count). The molecule has 2 aromatic heterocycles. The van der Waals surface area contributed by atoms with Gasteiger partial charge in [-0.15, -0.1) is 5.10 Å². The van der Waals surface area contributed by atoms with Crippen LogP contribution in [0.1, 0.15) is 62.8 Å². The summed E-state index contributed by atoms with van der Waals surface area (Å²) in [5.41, 5.74) is 3.90. The summed E-state index contributed by atoms with van der Waals surface area (Å²) in [4.78, 5) is 21.3. The molecule has 2 aliphatic rings. The molecule has 2 fully saturated rings. The number of methoxy groups -OCH3 is 1. The van der Waals surface area contributed by atoms with E-state index in [1.165, 1.54) is 16.9 Å². The maximum atomic E-state index is 14.3. The third kappa shape index (κ3) is 5.88. The lowest BCUT2D eigenvalue weighted by Crippen LogP contribution is -2.41. The Hall–Kier alpha value is -3.30. The first-order valence-electron chi connectivity index (χ1n) is 14.6. The van der Waals surface area contributed by atoms with E-state index < -0.39 is 5.95 Å². The summed E-state index contributed by atoms with van der Waals surface area (Å²) in [6.45, 7) is 0.677. The smallest absolute Gasteiger partial charge is 0.273 e. The van der Waals surface area contributed by atoms with Gasteiger partial charge in [-0.1, -0.05) is 29.5 Å². The van der Waals surface area contributed by atoms with Gasteiger partial charge in [-0.05, 0) is 98.6 Å². The first-order valence-corrected chi connectivity index (χ1v) is 15.4. The standard InChI is InChI=1S/C32H37FN4O3S/c1-36-28-15-12-23(17-27(28)30(33)35-36)21-8-6-20(7-9-21)19-37(31(39)22-10-13-26(38)14-11-22)25-5-3-4-24(16-25)29-18-34-32(40-2)41-29/h3-5,12,15-18,20-22,26,38H,6-11,13-14,19H2,1-2H3/t20-,21-,22-,26-. The Kier molecular flexibility index (Phi) is 8.08. The summed E-state index contributed by atoms with van der Waals surface area (Å²) in [6, 6.07) is 14.2. The molecule has 0 aliphatic heterocycles. The van der Waals surface area contributed by atoms with Crippen LogP contribution in [0.5, 0.6) is 5.19 Å². The van der Waals surface area contributed by atoms with E-state index in [0.29, 0.717) is 41.8 Å². The highest BCUT2D eigenvalue weighted by atomic mass is 32.1. The molecule has 2 aliphatic carbocycles. The van der Waals surface area contributed by atoms with Crippen LogP contribution in [-0.2, 0) is 11.8 Å². The number of thiazole rings is 1. The lowest BCUT2D eigenvalue weighted by atomic mass is 9.78. The second-order valence-electron chi connectivity index (χ2n) is 11.6. The Bertz CT molecular complexity index is 1520. The highest BCUT2D eigenvalue weighted by Gasteiger charge is 2.32. The molecule has 216 valence electrons. The molecular weight excluding hydrogens is 539 g/mol. The predicted octanol–water partition coefficient (Wildman–Crippen LogP) is 6.70. The molecule has 1 amide bonds. The zero-order valence-corrected chi connectivity index (χ0v) is 24.4. The van der Waals surface area contributed by atoms with Gasteiger partial charge in [0.1, 0.15) is 0 Å². The van der Waals surface area contributed by atoms with E-state index in [1.54, 1.807) is 18.8 Å². The fraction of sp³-hybridized carbons (Fsp3) is 0.469. The Balaban J connectivity index is 1.20. The van der Waals surface area contributed by atoms with Gasteiger partial charge in [-0.25, -0.2) is 4.98 Å². The van der Waals surface area contributed by atoms with E-state index in [2.05, 4.69) is 22.2 Å². The molecular formula is C32H37FN4O3S. The van der Waals surface area contributed by atoms with Crippen molar-refractivity contribution in [2.45, 2.75) is 63.4 Å². The fourth-order valence-corrected chi connectivity index (χ4v) is 7.34. The number of aliphatic hydroxyl groups is 1. The maximum absolute atomic E-state index is 14.3. The largest absolute Gasteiger partial charge is 0.473 e. The van der Waals surface area contributed by atoms with Crippen LogP contribution < -0.4 is 9.64 Å². The summed E-state index contributed by atoms with van der Waals surface area (Å²) >= 11 is 1.49. The number of carbonyl (C=O) groups excluding carboxylic acids is 1. The topological polar surface area (TPSA) is 80.5 Å². The highest BCUT2D eigenvalue weighted by molar-refractivity contribution is 7.16. The van der Waals surface area contributed by atoms with Crippen LogP contribution in [0.3, 0.4) is 0 Å². The normalized spacial score (nSPS) is 23.0. The lowest BCUT2D eigenvalue weighted by molar-refractivity contribution is -0.124. The van der Waals surface area contributed by atoms with Crippen LogP contribution in [0.4, 0.5) is 10.1 Å². The van der Waals surface area contributed by atoms with Crippen molar-refractivity contribution in [2.24, 2.45) is 18.9 Å². The Morgan fingerprint density at radius 2 is 1.88 bits per heavy atom. The minimum absolute atomic E-state index is 0.0667. The maximum Gasteiger partial charge on any atom is 0.273 e. The van der Waals surface area contributed by atoms with Crippen molar-refractivity contribution in [3.8, 4) is 15.6 Å². The number of aryl methyl sites for hydroxylation is 1. The summed E-state index contributed by atoms with van der Waals surface area (Å²) in [7, 11) is 3.38. The molecule has 2 heterocycles. The number of carbonyl (C=O) groups is 1. The molecule has 0 unspecified atom stereocenters. The van der Waals surface area contributed by atoms with Crippen molar-refractivity contribution >= 4 is 33.8 Å². The van der Waals surface area contributed by atoms with Gasteiger partial charge in [0.15, 0.2) is 0 Å². The van der Waals surface area contributed by atoms with E-state index in [4.69, 9.17) is 4.74 Å². The zero-order valence-electron chi connectivity index (χ0n) is 23.6. The van der Waals surface area contributed by atoms with Crippen LogP contribution in [0.15, 0.2) is 48.7 Å². The molecule has 1 N–H and O–H groups in total. The number of ether oxygens (including phenoxy) is 1. The van der Waals surface area contributed by atoms with E-state index >= 15 is 0 Å². The van der Waals surface area contributed by atoms with Crippen LogP contribution in [0.2, 0.25) is 0 Å². The number of rotatable bonds is 7. The van der Waals surface area contributed by atoms with E-state index in [-0.39, 0.29) is 17.9 Å². The third-order valence-electron chi connectivity index (χ3n) is 9.00. The van der Waals surface area contributed by atoms with Crippen LogP contribution >= 0.6 is 11.3 Å². The van der Waals surface area contributed by atoms with Gasteiger partial charge in [0.25, 0.3) is 5.19 Å². The molecule has 9 heteroatoms. The molecule has 0 saturated heterocycles. The number of hydrogen-bond acceptors (Lipinski definition) is 6. The van der Waals surface area contributed by atoms with Crippen molar-refractivity contribution in [2.75, 3.05) is 18.6 Å². The monoisotopic (exact) mass is 576 g/mol. The van der Waals surface area contributed by atoms with Crippen molar-refractivity contribution in [3.05, 3.63) is 60.2 Å². The number of aliphatic hydroxyl groups excluding tert-OH is 1. The third-order valence-corrected chi connectivity index (χ3v) is 10.0. The van der Waals surface area contributed by atoms with E-state index in [0.717, 1.165) is 60.2 Å². The van der Waals surface area contributed by atoms with Crippen LogP contribution in [0.25, 0.3) is 21.3 Å². The lowest BCUT2D eigenvalue weighted by Gasteiger charge is -2.36. The number of fused-ring (bicyclic) bond motifs is 1. The van der Waals surface area contributed by atoms with E-state index in [9.17, 15) is 14.3 Å². The van der Waals surface area contributed by atoms with Gasteiger partial charge in [-0.3, -0.25) is 9.48 Å². The van der Waals surface area contributed by atoms with Crippen LogP contribution in [-0.4, -0.2) is 45.5 Å². The Morgan fingerprint density at radius 3 is 2.61 bits per heavy atom. The average Bonchev–Trinajstić information content (AvgIpc) is 3.60. The molecule has 4 aromatic rings. The predicted molar refractivity (Wildman–Crippen MR) is 160 cm³/mol. The number of nitrogens with zero attached hydrogens (tertiary/aromatic N) is 4. The van der Waals surface area contributed by atoms with Gasteiger partial charge < -0.3 is 14.7 Å². The van der Waals surface area contributed by atoms with Crippen molar-refractivity contribution in [1.82, 2.24) is 14.8 Å². The molecule has 0 bridgehead atoms. The molecule has 2 saturated carbocycles. The molecule has 0 radical (unpaired) electrons. The van der Waals surface area contributed by atoms with Crippen molar-refractivity contribution < 1.29 is 19.0 Å². The highest BCUT2D eigenvalue weighted by Crippen LogP contribution is 2.39. The summed E-state index contributed by atoms with van der Waals surface area (Å²) < 4.78 is 21.2. The second-order valence-corrected chi connectivity index (χ2v) is 12.6.